The molecule has 0 bridgehead atoms. The number of anilines is 1. The number of halogens is 3. The number of hydrogen-bond donors (Lipinski definition) is 2. The minimum Gasteiger partial charge on any atom is -0.344 e. The van der Waals surface area contributed by atoms with E-state index in [0.29, 0.717) is 11.1 Å². The number of hydrogen-bond acceptors (Lipinski definition) is 3. The number of alkyl halides is 3. The topological polar surface area (TPSA) is 75.3 Å². The molecular weight excluding hydrogens is 373 g/mol. The van der Waals surface area contributed by atoms with Gasteiger partial charge in [-0.1, -0.05) is 48.0 Å². The second-order valence-electron chi connectivity index (χ2n) is 6.17. The van der Waals surface area contributed by atoms with Crippen LogP contribution in [0.5, 0.6) is 0 Å². The van der Waals surface area contributed by atoms with Gasteiger partial charge in [-0.15, -0.1) is 0 Å². The Labute approximate surface area is 159 Å². The van der Waals surface area contributed by atoms with Crippen molar-refractivity contribution in [2.75, 3.05) is 5.32 Å². The van der Waals surface area contributed by atoms with Crippen molar-refractivity contribution in [3.05, 3.63) is 65.2 Å². The SMILES string of the molecule is Cc1ccc(C(=O)CCC(=O)Nc2ccccc2CNC(=O)C(F)(F)F)cc1. The molecule has 2 aromatic carbocycles. The second kappa shape index (κ2) is 9.16. The molecule has 5 nitrogen and oxygen atoms in total. The third-order valence-electron chi connectivity index (χ3n) is 3.94. The Morgan fingerprint density at radius 2 is 1.57 bits per heavy atom. The summed E-state index contributed by atoms with van der Waals surface area (Å²) in [6.45, 7) is 1.51. The van der Waals surface area contributed by atoms with Gasteiger partial charge < -0.3 is 10.6 Å². The maximum absolute atomic E-state index is 12.3. The molecule has 2 rings (SSSR count). The second-order valence-corrected chi connectivity index (χ2v) is 6.17. The average molecular weight is 392 g/mol. The van der Waals surface area contributed by atoms with Crippen LogP contribution in [-0.4, -0.2) is 23.8 Å². The lowest BCUT2D eigenvalue weighted by atomic mass is 10.0. The minimum atomic E-state index is -4.98. The smallest absolute Gasteiger partial charge is 0.344 e. The first-order valence-corrected chi connectivity index (χ1v) is 8.49. The van der Waals surface area contributed by atoms with Crippen molar-refractivity contribution in [2.45, 2.75) is 32.5 Å². The van der Waals surface area contributed by atoms with Crippen LogP contribution in [0.2, 0.25) is 0 Å². The van der Waals surface area contributed by atoms with Gasteiger partial charge in [-0.2, -0.15) is 13.2 Å². The average Bonchev–Trinajstić information content (AvgIpc) is 2.65. The monoisotopic (exact) mass is 392 g/mol. The fourth-order valence-corrected chi connectivity index (χ4v) is 2.40. The highest BCUT2D eigenvalue weighted by atomic mass is 19.4. The number of benzene rings is 2. The van der Waals surface area contributed by atoms with Crippen molar-refractivity contribution in [1.82, 2.24) is 5.32 Å². The van der Waals surface area contributed by atoms with Crippen LogP contribution in [0.4, 0.5) is 18.9 Å². The van der Waals surface area contributed by atoms with Crippen LogP contribution >= 0.6 is 0 Å². The zero-order valence-electron chi connectivity index (χ0n) is 15.1. The Morgan fingerprint density at radius 1 is 0.929 bits per heavy atom. The third kappa shape index (κ3) is 6.22. The van der Waals surface area contributed by atoms with Gasteiger partial charge in [-0.05, 0) is 18.6 Å². The molecule has 0 aliphatic carbocycles. The van der Waals surface area contributed by atoms with Crippen LogP contribution in [-0.2, 0) is 16.1 Å². The summed E-state index contributed by atoms with van der Waals surface area (Å²) in [6.07, 6.45) is -5.05. The Kier molecular flexibility index (Phi) is 6.92. The predicted molar refractivity (Wildman–Crippen MR) is 97.7 cm³/mol. The first-order chi connectivity index (χ1) is 13.2. The van der Waals surface area contributed by atoms with Gasteiger partial charge >= 0.3 is 12.1 Å². The fourth-order valence-electron chi connectivity index (χ4n) is 2.40. The van der Waals surface area contributed by atoms with E-state index in [9.17, 15) is 27.6 Å². The minimum absolute atomic E-state index is 0.00186. The Balaban J connectivity index is 1.92. The summed E-state index contributed by atoms with van der Waals surface area (Å²) < 4.78 is 36.9. The van der Waals surface area contributed by atoms with E-state index in [0.717, 1.165) is 5.56 Å². The lowest BCUT2D eigenvalue weighted by Crippen LogP contribution is -2.36. The lowest BCUT2D eigenvalue weighted by Gasteiger charge is -2.13. The molecular formula is C20H19F3N2O3. The molecule has 0 saturated carbocycles. The lowest BCUT2D eigenvalue weighted by molar-refractivity contribution is -0.173. The molecule has 8 heteroatoms. The van der Waals surface area contributed by atoms with E-state index in [-0.39, 0.29) is 24.3 Å². The summed E-state index contributed by atoms with van der Waals surface area (Å²) in [7, 11) is 0. The molecule has 0 unspecified atom stereocenters. The molecule has 148 valence electrons. The van der Waals surface area contributed by atoms with Gasteiger partial charge in [-0.3, -0.25) is 14.4 Å². The first kappa shape index (κ1) is 21.1. The van der Waals surface area contributed by atoms with Gasteiger partial charge in [0.05, 0.1) is 0 Å². The van der Waals surface area contributed by atoms with Gasteiger partial charge in [0.15, 0.2) is 5.78 Å². The Bertz CT molecular complexity index is 862. The van der Waals surface area contributed by atoms with Crippen molar-refractivity contribution < 1.29 is 27.6 Å². The number of nitrogens with one attached hydrogen (secondary N) is 2. The largest absolute Gasteiger partial charge is 0.471 e. The van der Waals surface area contributed by atoms with E-state index in [1.54, 1.807) is 41.7 Å². The Morgan fingerprint density at radius 3 is 2.21 bits per heavy atom. The van der Waals surface area contributed by atoms with Gasteiger partial charge in [0.25, 0.3) is 0 Å². The van der Waals surface area contributed by atoms with Gasteiger partial charge in [0, 0.05) is 30.6 Å². The molecule has 0 aliphatic rings. The molecule has 0 aromatic heterocycles. The first-order valence-electron chi connectivity index (χ1n) is 8.49. The highest BCUT2D eigenvalue weighted by Gasteiger charge is 2.38. The van der Waals surface area contributed by atoms with Crippen molar-refractivity contribution in [1.29, 1.82) is 0 Å². The molecule has 0 fully saturated rings. The predicted octanol–water partition coefficient (Wildman–Crippen LogP) is 3.78. The van der Waals surface area contributed by atoms with Gasteiger partial charge in [0.2, 0.25) is 5.91 Å². The summed E-state index contributed by atoms with van der Waals surface area (Å²) in [5.74, 6) is -2.69. The molecule has 0 atom stereocenters. The summed E-state index contributed by atoms with van der Waals surface area (Å²) >= 11 is 0. The third-order valence-corrected chi connectivity index (χ3v) is 3.94. The van der Waals surface area contributed by atoms with Crippen LogP contribution < -0.4 is 10.6 Å². The number of carbonyl (C=O) groups is 3. The molecule has 2 aromatic rings. The Hall–Kier alpha value is -3.16. The molecule has 28 heavy (non-hydrogen) atoms. The van der Waals surface area contributed by atoms with Gasteiger partial charge in [0.1, 0.15) is 0 Å². The van der Waals surface area contributed by atoms with E-state index in [2.05, 4.69) is 5.32 Å². The van der Waals surface area contributed by atoms with E-state index >= 15 is 0 Å². The maximum atomic E-state index is 12.3. The number of ketones is 1. The highest BCUT2D eigenvalue weighted by Crippen LogP contribution is 2.18. The molecule has 0 aliphatic heterocycles. The molecule has 0 spiro atoms. The van der Waals surface area contributed by atoms with Crippen LogP contribution in [0.1, 0.15) is 34.3 Å². The zero-order chi connectivity index (χ0) is 20.7. The number of para-hydroxylation sites is 1. The summed E-state index contributed by atoms with van der Waals surface area (Å²) in [5.41, 5.74) is 2.12. The number of carbonyl (C=O) groups excluding carboxylic acids is 3. The van der Waals surface area contributed by atoms with E-state index < -0.39 is 24.5 Å². The molecule has 2 amide bonds. The summed E-state index contributed by atoms with van der Waals surface area (Å²) in [5, 5.41) is 4.32. The van der Waals surface area contributed by atoms with E-state index in [1.165, 1.54) is 12.1 Å². The van der Waals surface area contributed by atoms with Crippen LogP contribution in [0.25, 0.3) is 0 Å². The molecule has 0 heterocycles. The molecule has 2 N–H and O–H groups in total. The molecule has 0 saturated heterocycles. The fraction of sp³-hybridized carbons (Fsp3) is 0.250. The van der Waals surface area contributed by atoms with Crippen molar-refractivity contribution in [2.24, 2.45) is 0 Å². The maximum Gasteiger partial charge on any atom is 0.471 e. The molecule has 0 radical (unpaired) electrons. The zero-order valence-corrected chi connectivity index (χ0v) is 15.1. The normalized spacial score (nSPS) is 11.0. The van der Waals surface area contributed by atoms with Crippen molar-refractivity contribution >= 4 is 23.3 Å². The van der Waals surface area contributed by atoms with E-state index in [1.807, 2.05) is 6.92 Å². The quantitative estimate of drug-likeness (QED) is 0.705. The van der Waals surface area contributed by atoms with Crippen LogP contribution in [0.15, 0.2) is 48.5 Å². The number of aryl methyl sites for hydroxylation is 1. The standard InChI is InChI=1S/C20H19F3N2O3/c1-13-6-8-14(9-7-13)17(26)10-11-18(27)25-16-5-3-2-4-15(16)12-24-19(28)20(21,22)23/h2-9H,10-12H2,1H3,(H,24,28)(H,25,27). The number of amides is 2. The summed E-state index contributed by atoms with van der Waals surface area (Å²) in [6, 6.07) is 13.2. The number of Topliss-reactive ketones (excluding diaryl/α,β-unsaturated/α-hetero) is 1. The van der Waals surface area contributed by atoms with Gasteiger partial charge in [-0.25, -0.2) is 0 Å². The highest BCUT2D eigenvalue weighted by molar-refractivity contribution is 6.00. The van der Waals surface area contributed by atoms with Crippen LogP contribution in [0.3, 0.4) is 0 Å². The van der Waals surface area contributed by atoms with Crippen molar-refractivity contribution in [3.63, 3.8) is 0 Å². The van der Waals surface area contributed by atoms with Crippen LogP contribution in [0, 0.1) is 6.92 Å². The number of rotatable bonds is 7. The van der Waals surface area contributed by atoms with E-state index in [4.69, 9.17) is 0 Å². The summed E-state index contributed by atoms with van der Waals surface area (Å²) in [4.78, 5) is 35.2. The van der Waals surface area contributed by atoms with Crippen molar-refractivity contribution in [3.8, 4) is 0 Å².